The lowest BCUT2D eigenvalue weighted by Gasteiger charge is -2.44. The Hall–Kier alpha value is -4.44. The Morgan fingerprint density at radius 1 is 0.850 bits per heavy atom. The van der Waals surface area contributed by atoms with Crippen LogP contribution in [0.1, 0.15) is 64.5 Å². The van der Waals surface area contributed by atoms with Crippen LogP contribution in [0.3, 0.4) is 0 Å². The van der Waals surface area contributed by atoms with Gasteiger partial charge in [0.15, 0.2) is 0 Å². The highest BCUT2D eigenvalue weighted by atomic mass is 16.2. The van der Waals surface area contributed by atoms with Crippen LogP contribution < -0.4 is 9.80 Å². The molecular weight excluding hydrogens is 492 g/mol. The van der Waals surface area contributed by atoms with Crippen LogP contribution in [0.2, 0.25) is 0 Å². The van der Waals surface area contributed by atoms with Crippen LogP contribution in [-0.2, 0) is 11.2 Å². The standard InChI is InChI=1S/C36H36N2O2/c1-5-28-18-21-30(22-19-28)36(40)37-27(4)24-33(31-16-11-13-26(3)35(31)37)38(32-17-10-9-12-25(32)2)34(39)23-20-29-14-7-6-8-15-29/h6-23,27,33H,5,24H2,1-4H3/b23-20+. The molecule has 0 saturated heterocycles. The lowest BCUT2D eigenvalue weighted by atomic mass is 9.87. The molecule has 0 radical (unpaired) electrons. The molecule has 4 heteroatoms. The number of carbonyl (C=O) groups is 2. The second-order valence-corrected chi connectivity index (χ2v) is 10.6. The van der Waals surface area contributed by atoms with Crippen molar-refractivity contribution in [1.29, 1.82) is 0 Å². The van der Waals surface area contributed by atoms with Crippen molar-refractivity contribution in [1.82, 2.24) is 0 Å². The van der Waals surface area contributed by atoms with Crippen LogP contribution in [0.4, 0.5) is 11.4 Å². The Bertz CT molecular complexity index is 1540. The van der Waals surface area contributed by atoms with Crippen LogP contribution in [0.15, 0.2) is 103 Å². The van der Waals surface area contributed by atoms with Gasteiger partial charge < -0.3 is 9.80 Å². The first-order valence-corrected chi connectivity index (χ1v) is 14.0. The van der Waals surface area contributed by atoms with E-state index in [2.05, 4.69) is 19.9 Å². The summed E-state index contributed by atoms with van der Waals surface area (Å²) in [5, 5.41) is 0. The topological polar surface area (TPSA) is 40.6 Å². The van der Waals surface area contributed by atoms with Gasteiger partial charge in [0.05, 0.1) is 11.7 Å². The third kappa shape index (κ3) is 5.35. The lowest BCUT2D eigenvalue weighted by molar-refractivity contribution is -0.114. The monoisotopic (exact) mass is 528 g/mol. The summed E-state index contributed by atoms with van der Waals surface area (Å²) < 4.78 is 0. The van der Waals surface area contributed by atoms with E-state index < -0.39 is 0 Å². The normalized spacial score (nSPS) is 16.6. The summed E-state index contributed by atoms with van der Waals surface area (Å²) in [6.45, 7) is 8.28. The highest BCUT2D eigenvalue weighted by molar-refractivity contribution is 6.09. The van der Waals surface area contributed by atoms with E-state index in [0.717, 1.165) is 40.0 Å². The van der Waals surface area contributed by atoms with E-state index in [1.807, 2.05) is 121 Å². The van der Waals surface area contributed by atoms with Crippen molar-refractivity contribution in [2.45, 2.75) is 52.6 Å². The fraction of sp³-hybridized carbons (Fsp3) is 0.222. The minimum atomic E-state index is -0.231. The van der Waals surface area contributed by atoms with E-state index in [4.69, 9.17) is 0 Å². The summed E-state index contributed by atoms with van der Waals surface area (Å²) in [7, 11) is 0. The Morgan fingerprint density at radius 2 is 1.52 bits per heavy atom. The number of benzene rings is 4. The summed E-state index contributed by atoms with van der Waals surface area (Å²) in [6.07, 6.45) is 5.08. The molecule has 202 valence electrons. The number of amides is 2. The average Bonchev–Trinajstić information content (AvgIpc) is 2.98. The van der Waals surface area contributed by atoms with Gasteiger partial charge in [0, 0.05) is 23.4 Å². The molecule has 2 amide bonds. The zero-order valence-corrected chi connectivity index (χ0v) is 23.7. The fourth-order valence-corrected chi connectivity index (χ4v) is 5.71. The largest absolute Gasteiger partial charge is 0.305 e. The maximum atomic E-state index is 14.0. The number of nitrogens with zero attached hydrogens (tertiary/aromatic N) is 2. The van der Waals surface area contributed by atoms with Crippen molar-refractivity contribution in [3.63, 3.8) is 0 Å². The Balaban J connectivity index is 1.59. The molecule has 0 saturated carbocycles. The molecule has 4 aromatic carbocycles. The molecule has 1 heterocycles. The van der Waals surface area contributed by atoms with Gasteiger partial charge in [-0.2, -0.15) is 0 Å². The maximum Gasteiger partial charge on any atom is 0.258 e. The minimum Gasteiger partial charge on any atom is -0.305 e. The molecule has 1 aliphatic rings. The zero-order valence-electron chi connectivity index (χ0n) is 23.7. The number of rotatable bonds is 6. The summed E-state index contributed by atoms with van der Waals surface area (Å²) in [5.74, 6) is -0.0976. The molecule has 0 aliphatic carbocycles. The summed E-state index contributed by atoms with van der Waals surface area (Å²) >= 11 is 0. The molecule has 0 fully saturated rings. The first-order valence-electron chi connectivity index (χ1n) is 14.0. The summed E-state index contributed by atoms with van der Waals surface area (Å²) in [4.78, 5) is 31.8. The van der Waals surface area contributed by atoms with E-state index in [-0.39, 0.29) is 23.9 Å². The van der Waals surface area contributed by atoms with Crippen molar-refractivity contribution in [2.75, 3.05) is 9.80 Å². The summed E-state index contributed by atoms with van der Waals surface area (Å²) in [5.41, 5.74) is 7.66. The Morgan fingerprint density at radius 3 is 2.23 bits per heavy atom. The molecule has 0 bridgehead atoms. The van der Waals surface area contributed by atoms with Crippen LogP contribution in [0, 0.1) is 13.8 Å². The van der Waals surface area contributed by atoms with E-state index in [1.165, 1.54) is 5.56 Å². The first kappa shape index (κ1) is 27.1. The number of aryl methyl sites for hydroxylation is 3. The highest BCUT2D eigenvalue weighted by Crippen LogP contribution is 2.45. The summed E-state index contributed by atoms with van der Waals surface area (Å²) in [6, 6.07) is 31.6. The van der Waals surface area contributed by atoms with Crippen LogP contribution in [0.25, 0.3) is 6.08 Å². The number of carbonyl (C=O) groups excluding carboxylic acids is 2. The van der Waals surface area contributed by atoms with Crippen LogP contribution in [-0.4, -0.2) is 17.9 Å². The van der Waals surface area contributed by atoms with Crippen molar-refractivity contribution >= 4 is 29.3 Å². The predicted octanol–water partition coefficient (Wildman–Crippen LogP) is 8.09. The van der Waals surface area contributed by atoms with Crippen molar-refractivity contribution in [3.05, 3.63) is 137 Å². The maximum absolute atomic E-state index is 14.0. The smallest absolute Gasteiger partial charge is 0.258 e. The molecule has 0 spiro atoms. The highest BCUT2D eigenvalue weighted by Gasteiger charge is 2.39. The third-order valence-corrected chi connectivity index (χ3v) is 7.84. The molecule has 0 aromatic heterocycles. The van der Waals surface area contributed by atoms with Gasteiger partial charge in [-0.15, -0.1) is 0 Å². The van der Waals surface area contributed by atoms with Crippen molar-refractivity contribution < 1.29 is 9.59 Å². The zero-order chi connectivity index (χ0) is 28.2. The van der Waals surface area contributed by atoms with Gasteiger partial charge in [-0.05, 0) is 85.7 Å². The number of fused-ring (bicyclic) bond motifs is 1. The second kappa shape index (κ2) is 11.7. The van der Waals surface area contributed by atoms with Gasteiger partial charge in [-0.3, -0.25) is 9.59 Å². The second-order valence-electron chi connectivity index (χ2n) is 10.6. The van der Waals surface area contributed by atoms with Crippen molar-refractivity contribution in [2.24, 2.45) is 0 Å². The van der Waals surface area contributed by atoms with Crippen LogP contribution in [0.5, 0.6) is 0 Å². The third-order valence-electron chi connectivity index (χ3n) is 7.84. The quantitative estimate of drug-likeness (QED) is 0.237. The Labute approximate surface area is 237 Å². The molecule has 2 unspecified atom stereocenters. The molecule has 4 nitrogen and oxygen atoms in total. The average molecular weight is 529 g/mol. The molecule has 0 N–H and O–H groups in total. The minimum absolute atomic E-state index is 0.0121. The number of anilines is 2. The molecule has 5 rings (SSSR count). The molecule has 1 aliphatic heterocycles. The van der Waals surface area contributed by atoms with E-state index in [1.54, 1.807) is 6.08 Å². The van der Waals surface area contributed by atoms with Crippen molar-refractivity contribution in [3.8, 4) is 0 Å². The predicted molar refractivity (Wildman–Crippen MR) is 165 cm³/mol. The lowest BCUT2D eigenvalue weighted by Crippen LogP contribution is -2.48. The SMILES string of the molecule is CCc1ccc(C(=O)N2c3c(C)cccc3C(N(C(=O)/C=C/c3ccccc3)c3ccccc3C)CC2C)cc1. The van der Waals surface area contributed by atoms with Crippen LogP contribution >= 0.6 is 0 Å². The Kier molecular flexibility index (Phi) is 7.97. The molecular formula is C36H36N2O2. The van der Waals surface area contributed by atoms with E-state index >= 15 is 0 Å². The fourth-order valence-electron chi connectivity index (χ4n) is 5.71. The molecule has 40 heavy (non-hydrogen) atoms. The van der Waals surface area contributed by atoms with Gasteiger partial charge in [-0.1, -0.05) is 85.8 Å². The number of hydrogen-bond donors (Lipinski definition) is 0. The van der Waals surface area contributed by atoms with Gasteiger partial charge in [0.25, 0.3) is 11.8 Å². The van der Waals surface area contributed by atoms with Gasteiger partial charge in [0.1, 0.15) is 0 Å². The number of para-hydroxylation sites is 2. The van der Waals surface area contributed by atoms with E-state index in [0.29, 0.717) is 12.0 Å². The molecule has 4 aromatic rings. The van der Waals surface area contributed by atoms with E-state index in [9.17, 15) is 9.59 Å². The van der Waals surface area contributed by atoms with Gasteiger partial charge in [0.2, 0.25) is 0 Å². The molecule has 2 atom stereocenters. The van der Waals surface area contributed by atoms with Gasteiger partial charge in [-0.25, -0.2) is 0 Å². The van der Waals surface area contributed by atoms with Gasteiger partial charge >= 0.3 is 0 Å². The first-order chi connectivity index (χ1) is 19.4. The number of hydrogen-bond acceptors (Lipinski definition) is 2.